The van der Waals surface area contributed by atoms with E-state index >= 15 is 0 Å². The van der Waals surface area contributed by atoms with Gasteiger partial charge in [0.1, 0.15) is 0 Å². The molecule has 1 saturated carbocycles. The first kappa shape index (κ1) is 9.08. The molecule has 1 aromatic rings. The molecule has 0 aliphatic heterocycles. The van der Waals surface area contributed by atoms with Crippen LogP contribution in [0.15, 0.2) is 12.1 Å². The van der Waals surface area contributed by atoms with E-state index < -0.39 is 0 Å². The van der Waals surface area contributed by atoms with Crippen molar-refractivity contribution >= 4 is 5.97 Å². The second-order valence-electron chi connectivity index (χ2n) is 3.72. The first-order valence-corrected chi connectivity index (χ1v) is 4.83. The van der Waals surface area contributed by atoms with Gasteiger partial charge in [-0.2, -0.15) is 0 Å². The third kappa shape index (κ3) is 2.05. The van der Waals surface area contributed by atoms with E-state index in [4.69, 9.17) is 4.74 Å². The van der Waals surface area contributed by atoms with Crippen LogP contribution in [0.3, 0.4) is 0 Å². The molecule has 0 aromatic heterocycles. The van der Waals surface area contributed by atoms with Crippen LogP contribution in [0.1, 0.15) is 28.8 Å². The van der Waals surface area contributed by atoms with Crippen molar-refractivity contribution in [3.8, 4) is 0 Å². The first-order valence-electron chi connectivity index (χ1n) is 4.83. The van der Waals surface area contributed by atoms with E-state index in [9.17, 15) is 4.79 Å². The number of ether oxygens (including phenoxy) is 1. The van der Waals surface area contributed by atoms with E-state index in [0.717, 1.165) is 5.56 Å². The topological polar surface area (TPSA) is 26.3 Å². The highest BCUT2D eigenvalue weighted by Gasteiger charge is 2.23. The van der Waals surface area contributed by atoms with Crippen molar-refractivity contribution in [3.05, 3.63) is 35.4 Å². The van der Waals surface area contributed by atoms with E-state index in [2.05, 4.69) is 12.1 Å². The van der Waals surface area contributed by atoms with Crippen molar-refractivity contribution in [2.24, 2.45) is 5.92 Å². The quantitative estimate of drug-likeness (QED) is 0.679. The highest BCUT2D eigenvalue weighted by molar-refractivity contribution is 5.90. The molecular formula is C12H12O2. The van der Waals surface area contributed by atoms with E-state index in [0.29, 0.717) is 18.1 Å². The van der Waals surface area contributed by atoms with Gasteiger partial charge in [0.15, 0.2) is 0 Å². The van der Waals surface area contributed by atoms with Crippen LogP contribution in [-0.4, -0.2) is 12.6 Å². The minimum atomic E-state index is -0.236. The Labute approximate surface area is 83.9 Å². The van der Waals surface area contributed by atoms with Gasteiger partial charge >= 0.3 is 5.97 Å². The molecule has 2 heteroatoms. The number of carbonyl (C=O) groups is 1. The normalized spacial score (nSPS) is 14.6. The maximum atomic E-state index is 11.5. The van der Waals surface area contributed by atoms with Gasteiger partial charge in [-0.15, -0.1) is 0 Å². The Morgan fingerprint density at radius 3 is 2.86 bits per heavy atom. The van der Waals surface area contributed by atoms with Gasteiger partial charge in [-0.25, -0.2) is 4.79 Å². The van der Waals surface area contributed by atoms with Gasteiger partial charge < -0.3 is 4.74 Å². The predicted molar refractivity (Wildman–Crippen MR) is 51.9 cm³/mol. The van der Waals surface area contributed by atoms with Gasteiger partial charge in [-0.1, -0.05) is 12.1 Å². The lowest BCUT2D eigenvalue weighted by Gasteiger charge is -2.04. The Kier molecular flexibility index (Phi) is 2.41. The Morgan fingerprint density at radius 1 is 1.50 bits per heavy atom. The van der Waals surface area contributed by atoms with Crippen LogP contribution < -0.4 is 0 Å². The maximum absolute atomic E-state index is 11.5. The molecule has 0 atom stereocenters. The summed E-state index contributed by atoms with van der Waals surface area (Å²) in [7, 11) is 0. The molecule has 1 aliphatic rings. The molecule has 0 amide bonds. The Balaban J connectivity index is 1.98. The predicted octanol–water partition coefficient (Wildman–Crippen LogP) is 2.16. The molecule has 0 N–H and O–H groups in total. The molecular weight excluding hydrogens is 176 g/mol. The lowest BCUT2D eigenvalue weighted by atomic mass is 10.1. The van der Waals surface area contributed by atoms with Crippen molar-refractivity contribution in [3.63, 3.8) is 0 Å². The van der Waals surface area contributed by atoms with Gasteiger partial charge in [0.2, 0.25) is 0 Å². The minimum absolute atomic E-state index is 0.236. The number of hydrogen-bond acceptors (Lipinski definition) is 2. The molecule has 0 radical (unpaired) electrons. The van der Waals surface area contributed by atoms with E-state index in [1.165, 1.54) is 12.8 Å². The monoisotopic (exact) mass is 188 g/mol. The van der Waals surface area contributed by atoms with Crippen LogP contribution in [0.2, 0.25) is 0 Å². The maximum Gasteiger partial charge on any atom is 0.339 e. The summed E-state index contributed by atoms with van der Waals surface area (Å²) in [6.45, 7) is 2.44. The lowest BCUT2D eigenvalue weighted by Crippen LogP contribution is -2.08. The number of esters is 1. The molecule has 0 unspecified atom stereocenters. The smallest absolute Gasteiger partial charge is 0.339 e. The van der Waals surface area contributed by atoms with Crippen LogP contribution in [0.4, 0.5) is 0 Å². The lowest BCUT2D eigenvalue weighted by molar-refractivity contribution is 0.0485. The van der Waals surface area contributed by atoms with Crippen LogP contribution in [-0.2, 0) is 4.74 Å². The van der Waals surface area contributed by atoms with Crippen LogP contribution in [0.5, 0.6) is 0 Å². The van der Waals surface area contributed by atoms with Crippen molar-refractivity contribution in [1.82, 2.24) is 0 Å². The molecule has 0 spiro atoms. The first-order chi connectivity index (χ1) is 6.77. The number of hydrogen-bond donors (Lipinski definition) is 0. The fourth-order valence-corrected chi connectivity index (χ4v) is 1.23. The summed E-state index contributed by atoms with van der Waals surface area (Å²) in [6, 6.07) is 8.93. The third-order valence-corrected chi connectivity index (χ3v) is 2.38. The second-order valence-corrected chi connectivity index (χ2v) is 3.72. The molecule has 2 nitrogen and oxygen atoms in total. The highest BCUT2D eigenvalue weighted by Crippen LogP contribution is 2.29. The summed E-state index contributed by atoms with van der Waals surface area (Å²) in [5, 5.41) is 0. The van der Waals surface area contributed by atoms with Crippen LogP contribution >= 0.6 is 0 Å². The summed E-state index contributed by atoms with van der Waals surface area (Å²) < 4.78 is 5.16. The van der Waals surface area contributed by atoms with Crippen molar-refractivity contribution in [2.45, 2.75) is 19.8 Å². The van der Waals surface area contributed by atoms with Gasteiger partial charge in [0.25, 0.3) is 0 Å². The molecule has 0 heterocycles. The largest absolute Gasteiger partial charge is 0.462 e. The SMILES string of the molecule is Cc1cc#ccc1C(=O)OCC1CC1. The van der Waals surface area contributed by atoms with E-state index in [1.54, 1.807) is 12.1 Å². The van der Waals surface area contributed by atoms with Gasteiger partial charge in [-0.3, -0.25) is 0 Å². The summed E-state index contributed by atoms with van der Waals surface area (Å²) in [5.74, 6) is 0.373. The van der Waals surface area contributed by atoms with Crippen molar-refractivity contribution in [2.75, 3.05) is 6.61 Å². The molecule has 1 aromatic carbocycles. The molecule has 1 fully saturated rings. The number of carbonyl (C=O) groups excluding carboxylic acids is 1. The zero-order valence-corrected chi connectivity index (χ0v) is 8.17. The molecule has 0 saturated heterocycles. The average molecular weight is 188 g/mol. The van der Waals surface area contributed by atoms with Gasteiger partial charge in [0.05, 0.1) is 12.2 Å². The second kappa shape index (κ2) is 3.71. The van der Waals surface area contributed by atoms with Crippen LogP contribution in [0.25, 0.3) is 0 Å². The Bertz CT molecular complexity index is 340. The zero-order chi connectivity index (χ0) is 9.97. The Hall–Kier alpha value is -1.49. The molecule has 72 valence electrons. The van der Waals surface area contributed by atoms with Gasteiger partial charge in [-0.05, 0) is 37.3 Å². The summed E-state index contributed by atoms with van der Waals surface area (Å²) in [4.78, 5) is 11.5. The van der Waals surface area contributed by atoms with E-state index in [-0.39, 0.29) is 5.97 Å². The molecule has 1 aliphatic carbocycles. The molecule has 14 heavy (non-hydrogen) atoms. The number of rotatable bonds is 3. The van der Waals surface area contributed by atoms with Crippen LogP contribution in [0, 0.1) is 25.0 Å². The standard InChI is InChI=1S/C12H12O2/c1-9-4-2-3-5-11(9)12(13)14-8-10-6-7-10/h4-5,10H,6-8H2,1H3. The minimum Gasteiger partial charge on any atom is -0.462 e. The summed E-state index contributed by atoms with van der Waals surface area (Å²) >= 11 is 0. The molecule has 2 rings (SSSR count). The zero-order valence-electron chi connectivity index (χ0n) is 8.17. The molecule has 0 bridgehead atoms. The van der Waals surface area contributed by atoms with Crippen molar-refractivity contribution < 1.29 is 9.53 Å². The number of aryl methyl sites for hydroxylation is 1. The van der Waals surface area contributed by atoms with E-state index in [1.807, 2.05) is 6.92 Å². The Morgan fingerprint density at radius 2 is 2.21 bits per heavy atom. The third-order valence-electron chi connectivity index (χ3n) is 2.38. The van der Waals surface area contributed by atoms with Crippen molar-refractivity contribution in [1.29, 1.82) is 0 Å². The summed E-state index contributed by atoms with van der Waals surface area (Å²) in [5.41, 5.74) is 1.49. The fourth-order valence-electron chi connectivity index (χ4n) is 1.23. The van der Waals surface area contributed by atoms with Gasteiger partial charge in [0, 0.05) is 6.07 Å². The fraction of sp³-hybridized carbons (Fsp3) is 0.417. The average Bonchev–Trinajstić information content (AvgIpc) is 2.98. The summed E-state index contributed by atoms with van der Waals surface area (Å²) in [6.07, 6.45) is 2.39. The highest BCUT2D eigenvalue weighted by atomic mass is 16.5.